The third kappa shape index (κ3) is 38.3. The maximum atomic E-state index is 9.98. The van der Waals surface area contributed by atoms with Crippen LogP contribution in [-0.2, 0) is 33.6 Å². The largest absolute Gasteiger partial charge is 4.00 e. The fraction of sp³-hybridized carbons (Fsp3) is 0.400. The van der Waals surface area contributed by atoms with Crippen LogP contribution in [0.15, 0.2) is 23.7 Å². The molecule has 0 fully saturated rings. The van der Waals surface area contributed by atoms with Crippen LogP contribution in [-0.4, -0.2) is 11.6 Å². The van der Waals surface area contributed by atoms with Crippen molar-refractivity contribution in [2.24, 2.45) is 0 Å². The molecule has 0 N–H and O–H groups in total. The van der Waals surface area contributed by atoms with Crippen molar-refractivity contribution in [2.75, 3.05) is 0 Å². The summed E-state index contributed by atoms with van der Waals surface area (Å²) in [7, 11) is 0. The van der Waals surface area contributed by atoms with E-state index in [-0.39, 0.29) is 47.1 Å². The molecule has 5 nitrogen and oxygen atoms in total. The Hall–Kier alpha value is -1.04. The fourth-order valence-electron chi connectivity index (χ4n) is 0.572. The standard InChI is InChI=1S/2C5H8O2.O.V/c2*1-4(6)3-5(2)7;;/h2*3,6H,1-2H3;;/q;;-2;+4/p-2/b2*4-3+;;. The van der Waals surface area contributed by atoms with Crippen LogP contribution in [0.5, 0.6) is 0 Å². The van der Waals surface area contributed by atoms with E-state index in [0.29, 0.717) is 0 Å². The van der Waals surface area contributed by atoms with Gasteiger partial charge in [0, 0.05) is 0 Å². The zero-order chi connectivity index (χ0) is 11.7. The van der Waals surface area contributed by atoms with E-state index in [9.17, 15) is 19.8 Å². The van der Waals surface area contributed by atoms with E-state index in [2.05, 4.69) is 0 Å². The first-order valence-electron chi connectivity index (χ1n) is 3.97. The van der Waals surface area contributed by atoms with Crippen molar-refractivity contribution >= 4 is 11.6 Å². The van der Waals surface area contributed by atoms with Gasteiger partial charge in [-0.25, -0.2) is 0 Å². The second-order valence-electron chi connectivity index (χ2n) is 2.73. The summed E-state index contributed by atoms with van der Waals surface area (Å²) in [6.45, 7) is 5.39. The van der Waals surface area contributed by atoms with Gasteiger partial charge in [-0.2, -0.15) is 0 Å². The van der Waals surface area contributed by atoms with E-state index >= 15 is 0 Å². The van der Waals surface area contributed by atoms with Crippen LogP contribution in [0.3, 0.4) is 0 Å². The molecule has 0 aliphatic heterocycles. The van der Waals surface area contributed by atoms with Gasteiger partial charge in [0.15, 0.2) is 11.6 Å². The molecular weight excluding hydrogens is 251 g/mol. The summed E-state index contributed by atoms with van der Waals surface area (Å²) in [4.78, 5) is 20.0. The van der Waals surface area contributed by atoms with Crippen molar-refractivity contribution in [1.82, 2.24) is 0 Å². The average molecular weight is 265 g/mol. The molecule has 0 aliphatic carbocycles. The van der Waals surface area contributed by atoms with Crippen molar-refractivity contribution in [2.45, 2.75) is 27.7 Å². The summed E-state index contributed by atoms with van der Waals surface area (Å²) in [5, 5.41) is 20.0. The van der Waals surface area contributed by atoms with Crippen LogP contribution < -0.4 is 10.2 Å². The minimum absolute atomic E-state index is 0. The third-order valence-electron chi connectivity index (χ3n) is 0.813. The first kappa shape index (κ1) is 24.3. The van der Waals surface area contributed by atoms with Crippen LogP contribution in [0, 0.1) is 0 Å². The topological polar surface area (TPSA) is 109 Å². The first-order valence-corrected chi connectivity index (χ1v) is 3.97. The van der Waals surface area contributed by atoms with Crippen LogP contribution in [0.4, 0.5) is 0 Å². The van der Waals surface area contributed by atoms with Crippen molar-refractivity contribution in [3.8, 4) is 0 Å². The molecular formula is C10H14O5V. The third-order valence-corrected chi connectivity index (χ3v) is 0.813. The van der Waals surface area contributed by atoms with E-state index in [4.69, 9.17) is 0 Å². The van der Waals surface area contributed by atoms with Gasteiger partial charge in [0.05, 0.1) is 0 Å². The number of carbonyl (C=O) groups is 2. The maximum absolute atomic E-state index is 9.98. The minimum atomic E-state index is -0.187. The minimum Gasteiger partial charge on any atom is -2.00 e. The predicted octanol–water partition coefficient (Wildman–Crippen LogP) is -0.442. The molecule has 0 saturated carbocycles. The summed E-state index contributed by atoms with van der Waals surface area (Å²) in [5.74, 6) is -0.750. The van der Waals surface area contributed by atoms with Gasteiger partial charge < -0.3 is 15.7 Å². The van der Waals surface area contributed by atoms with E-state index < -0.39 is 0 Å². The van der Waals surface area contributed by atoms with Gasteiger partial charge in [-0.05, 0) is 26.0 Å². The number of carbonyl (C=O) groups excluding carboxylic acids is 2. The molecule has 0 atom stereocenters. The van der Waals surface area contributed by atoms with Crippen molar-refractivity contribution in [3.05, 3.63) is 23.7 Å². The van der Waals surface area contributed by atoms with Gasteiger partial charge in [0.25, 0.3) is 0 Å². The molecule has 0 unspecified atom stereocenters. The SMILES string of the molecule is CC(=O)/C=C(\C)[O-].CC(=O)/C=C(\C)[O-].[O-2].[V+4]. The molecule has 0 rings (SSSR count). The zero-order valence-electron chi connectivity index (χ0n) is 9.64. The van der Waals surface area contributed by atoms with E-state index in [1.807, 2.05) is 0 Å². The molecule has 1 radical (unpaired) electrons. The smallest absolute Gasteiger partial charge is 2.00 e. The summed E-state index contributed by atoms with van der Waals surface area (Å²) in [6.07, 6.45) is 2.11. The van der Waals surface area contributed by atoms with Gasteiger partial charge in [0.2, 0.25) is 0 Å². The van der Waals surface area contributed by atoms with Gasteiger partial charge in [0.1, 0.15) is 0 Å². The molecule has 0 amide bonds. The average Bonchev–Trinajstić information content (AvgIpc) is 1.79. The Kier molecular flexibility index (Phi) is 21.2. The Morgan fingerprint density at radius 1 is 0.812 bits per heavy atom. The Morgan fingerprint density at radius 3 is 1.00 bits per heavy atom. The van der Waals surface area contributed by atoms with Crippen LogP contribution >= 0.6 is 0 Å². The van der Waals surface area contributed by atoms with Crippen molar-refractivity contribution in [3.63, 3.8) is 0 Å². The Labute approximate surface area is 107 Å². The fourth-order valence-corrected chi connectivity index (χ4v) is 0.572. The molecule has 0 aliphatic rings. The second-order valence-corrected chi connectivity index (χ2v) is 2.73. The summed E-state index contributed by atoms with van der Waals surface area (Å²) >= 11 is 0. The molecule has 6 heteroatoms. The number of hydrogen-bond donors (Lipinski definition) is 0. The number of rotatable bonds is 2. The van der Waals surface area contributed by atoms with E-state index in [1.54, 1.807) is 0 Å². The zero-order valence-corrected chi connectivity index (χ0v) is 11.0. The monoisotopic (exact) mass is 265 g/mol. The maximum Gasteiger partial charge on any atom is 4.00 e. The van der Waals surface area contributed by atoms with Crippen LogP contribution in [0.1, 0.15) is 27.7 Å². The predicted molar refractivity (Wildman–Crippen MR) is 49.6 cm³/mol. The van der Waals surface area contributed by atoms with E-state index in [1.165, 1.54) is 27.7 Å². The molecule has 0 aromatic heterocycles. The molecule has 0 spiro atoms. The van der Waals surface area contributed by atoms with Crippen molar-refractivity contribution in [1.29, 1.82) is 0 Å². The molecule has 0 bridgehead atoms. The molecule has 16 heavy (non-hydrogen) atoms. The molecule has 0 heterocycles. The van der Waals surface area contributed by atoms with Crippen molar-refractivity contribution < 1.29 is 43.8 Å². The van der Waals surface area contributed by atoms with Gasteiger partial charge in [-0.15, -0.1) is 11.5 Å². The van der Waals surface area contributed by atoms with E-state index in [0.717, 1.165) is 12.2 Å². The molecule has 0 aromatic carbocycles. The van der Waals surface area contributed by atoms with Crippen LogP contribution in [0.25, 0.3) is 0 Å². The molecule has 89 valence electrons. The quantitative estimate of drug-likeness (QED) is 0.497. The van der Waals surface area contributed by atoms with Gasteiger partial charge in [-0.1, -0.05) is 13.8 Å². The molecule has 0 saturated heterocycles. The second kappa shape index (κ2) is 14.0. The van der Waals surface area contributed by atoms with Gasteiger partial charge in [-0.3, -0.25) is 9.59 Å². The normalized spacial score (nSPS) is 10.0. The summed E-state index contributed by atoms with van der Waals surface area (Å²) < 4.78 is 0. The number of hydrogen-bond acceptors (Lipinski definition) is 4. The summed E-state index contributed by atoms with van der Waals surface area (Å²) in [5.41, 5.74) is 0. The Bertz CT molecular complexity index is 232. The Morgan fingerprint density at radius 2 is 1.00 bits per heavy atom. The number of ketones is 2. The first-order chi connectivity index (χ1) is 6.25. The van der Waals surface area contributed by atoms with Crippen LogP contribution in [0.2, 0.25) is 0 Å². The number of allylic oxidation sites excluding steroid dienone is 4. The summed E-state index contributed by atoms with van der Waals surface area (Å²) in [6, 6.07) is 0. The van der Waals surface area contributed by atoms with Gasteiger partial charge >= 0.3 is 18.6 Å². The Balaban J connectivity index is -0.0000000800. The molecule has 0 aromatic rings.